The van der Waals surface area contributed by atoms with Gasteiger partial charge in [-0.05, 0) is 64.9 Å². The summed E-state index contributed by atoms with van der Waals surface area (Å²) in [5.41, 5.74) is 1.97. The van der Waals surface area contributed by atoms with Gasteiger partial charge in [-0.3, -0.25) is 4.79 Å². The van der Waals surface area contributed by atoms with Gasteiger partial charge in [-0.1, -0.05) is 0 Å². The topological polar surface area (TPSA) is 81.8 Å². The predicted octanol–water partition coefficient (Wildman–Crippen LogP) is 2.27. The molecular formula is C20H34N4O3S. The minimum absolute atomic E-state index is 0.0500. The number of nitrogens with one attached hydrogen (secondary N) is 2. The molecule has 0 saturated carbocycles. The zero-order chi connectivity index (χ0) is 20.8. The van der Waals surface area contributed by atoms with Crippen LogP contribution < -0.4 is 14.9 Å². The first-order chi connectivity index (χ1) is 13.1. The van der Waals surface area contributed by atoms with Gasteiger partial charge in [0.15, 0.2) is 0 Å². The van der Waals surface area contributed by atoms with E-state index >= 15 is 0 Å². The summed E-state index contributed by atoms with van der Waals surface area (Å²) >= 11 is 0. The fourth-order valence-corrected chi connectivity index (χ4v) is 3.72. The van der Waals surface area contributed by atoms with Gasteiger partial charge in [0.25, 0.3) is 0 Å². The molecule has 1 heterocycles. The predicted molar refractivity (Wildman–Crippen MR) is 115 cm³/mol. The first kappa shape index (κ1) is 22.6. The van der Waals surface area contributed by atoms with Gasteiger partial charge < -0.3 is 15.1 Å². The zero-order valence-corrected chi connectivity index (χ0v) is 18.3. The van der Waals surface area contributed by atoms with Crippen molar-refractivity contribution >= 4 is 27.3 Å². The average Bonchev–Trinajstić information content (AvgIpc) is 2.62. The number of anilines is 2. The highest BCUT2D eigenvalue weighted by molar-refractivity contribution is 7.90. The van der Waals surface area contributed by atoms with Crippen LogP contribution in [0.5, 0.6) is 0 Å². The lowest BCUT2D eigenvalue weighted by Crippen LogP contribution is -2.44. The van der Waals surface area contributed by atoms with Crippen LogP contribution >= 0.6 is 0 Å². The molecule has 2 rings (SSSR count). The first-order valence-electron chi connectivity index (χ1n) is 9.91. The number of hydrogen-bond donors (Lipinski definition) is 2. The first-order valence-corrected chi connectivity index (χ1v) is 11.4. The average molecular weight is 411 g/mol. The summed E-state index contributed by atoms with van der Waals surface area (Å²) in [5, 5.41) is 2.91. The monoisotopic (exact) mass is 410 g/mol. The largest absolute Gasteiger partial charge is 0.369 e. The molecule has 1 aliphatic rings. The Labute approximate surface area is 169 Å². The molecule has 0 atom stereocenters. The Morgan fingerprint density at radius 1 is 1.04 bits per heavy atom. The summed E-state index contributed by atoms with van der Waals surface area (Å²) in [6, 6.07) is 7.95. The van der Waals surface area contributed by atoms with E-state index in [1.165, 1.54) is 5.69 Å². The molecule has 1 fully saturated rings. The second-order valence-corrected chi connectivity index (χ2v) is 10.9. The molecule has 8 heteroatoms. The molecule has 28 heavy (non-hydrogen) atoms. The Balaban J connectivity index is 1.69. The lowest BCUT2D eigenvalue weighted by Gasteiger charge is -2.34. The maximum Gasteiger partial charge on any atom is 0.224 e. The molecule has 0 unspecified atom stereocenters. The third-order valence-electron chi connectivity index (χ3n) is 4.95. The summed E-state index contributed by atoms with van der Waals surface area (Å²) in [6.45, 7) is 9.50. The number of carbonyl (C=O) groups excluding carboxylic acids is 1. The van der Waals surface area contributed by atoms with Crippen molar-refractivity contribution < 1.29 is 13.2 Å². The fraction of sp³-hybridized carbons (Fsp3) is 0.650. The van der Waals surface area contributed by atoms with Crippen molar-refractivity contribution in [2.45, 2.75) is 44.8 Å². The second-order valence-electron chi connectivity index (χ2n) is 8.35. The van der Waals surface area contributed by atoms with Gasteiger partial charge in [-0.2, -0.15) is 0 Å². The van der Waals surface area contributed by atoms with Crippen LogP contribution in [0.1, 0.15) is 40.0 Å². The van der Waals surface area contributed by atoms with E-state index in [0.717, 1.165) is 31.9 Å². The van der Waals surface area contributed by atoms with Crippen molar-refractivity contribution in [2.75, 3.05) is 50.0 Å². The molecule has 1 amide bonds. The molecule has 1 aromatic rings. The molecule has 7 nitrogen and oxygen atoms in total. The van der Waals surface area contributed by atoms with E-state index in [4.69, 9.17) is 0 Å². The van der Waals surface area contributed by atoms with Crippen LogP contribution in [-0.4, -0.2) is 63.7 Å². The van der Waals surface area contributed by atoms with Crippen LogP contribution in [0.4, 0.5) is 11.4 Å². The van der Waals surface area contributed by atoms with E-state index in [0.29, 0.717) is 25.8 Å². The minimum Gasteiger partial charge on any atom is -0.369 e. The molecule has 0 aromatic heterocycles. The van der Waals surface area contributed by atoms with Crippen LogP contribution in [0.2, 0.25) is 0 Å². The number of unbranched alkanes of at least 4 members (excludes halogenated alkanes) is 1. The summed E-state index contributed by atoms with van der Waals surface area (Å²) < 4.78 is 25.7. The number of rotatable bonds is 8. The third-order valence-corrected chi connectivity index (χ3v) is 7.14. The van der Waals surface area contributed by atoms with Crippen molar-refractivity contribution in [3.05, 3.63) is 24.3 Å². The molecular weight excluding hydrogens is 376 g/mol. The molecule has 1 saturated heterocycles. The SMILES string of the molecule is CN1CCN(c2ccc(NC(=O)CCCCNS(=O)(=O)C(C)(C)C)cc2)CC1. The van der Waals surface area contributed by atoms with Crippen LogP contribution in [0.15, 0.2) is 24.3 Å². The van der Waals surface area contributed by atoms with Crippen LogP contribution in [0.25, 0.3) is 0 Å². The molecule has 0 radical (unpaired) electrons. The summed E-state index contributed by atoms with van der Waals surface area (Å²) in [7, 11) is -1.19. The number of piperazine rings is 1. The minimum atomic E-state index is -3.32. The van der Waals surface area contributed by atoms with E-state index in [9.17, 15) is 13.2 Å². The lowest BCUT2D eigenvalue weighted by molar-refractivity contribution is -0.116. The van der Waals surface area contributed by atoms with E-state index < -0.39 is 14.8 Å². The van der Waals surface area contributed by atoms with E-state index in [1.807, 2.05) is 24.3 Å². The van der Waals surface area contributed by atoms with Gasteiger partial charge in [0.1, 0.15) is 0 Å². The summed E-state index contributed by atoms with van der Waals surface area (Å²) in [5.74, 6) is -0.0500. The molecule has 0 spiro atoms. The summed E-state index contributed by atoms with van der Waals surface area (Å²) in [4.78, 5) is 16.8. The Kier molecular flexibility index (Phi) is 7.86. The van der Waals surface area contributed by atoms with Crippen molar-refractivity contribution in [1.29, 1.82) is 0 Å². The number of likely N-dealkylation sites (N-methyl/N-ethyl adjacent to an activating group) is 1. The Bertz CT molecular complexity index is 734. The van der Waals surface area contributed by atoms with Gasteiger partial charge >= 0.3 is 0 Å². The van der Waals surface area contributed by atoms with Gasteiger partial charge in [0.2, 0.25) is 15.9 Å². The van der Waals surface area contributed by atoms with Gasteiger partial charge in [0.05, 0.1) is 4.75 Å². The van der Waals surface area contributed by atoms with E-state index in [-0.39, 0.29) is 5.91 Å². The Morgan fingerprint density at radius 3 is 2.21 bits per heavy atom. The summed E-state index contributed by atoms with van der Waals surface area (Å²) in [6.07, 6.45) is 1.64. The highest BCUT2D eigenvalue weighted by Crippen LogP contribution is 2.19. The van der Waals surface area contributed by atoms with Crippen molar-refractivity contribution in [1.82, 2.24) is 9.62 Å². The quantitative estimate of drug-likeness (QED) is 0.643. The standard InChI is InChI=1S/C20H34N4O3S/c1-20(2,3)28(26,27)21-12-6-5-7-19(25)22-17-8-10-18(11-9-17)24-15-13-23(4)14-16-24/h8-11,21H,5-7,12-16H2,1-4H3,(H,22,25). The van der Waals surface area contributed by atoms with E-state index in [2.05, 4.69) is 26.9 Å². The van der Waals surface area contributed by atoms with E-state index in [1.54, 1.807) is 20.8 Å². The number of sulfonamides is 1. The van der Waals surface area contributed by atoms with Crippen LogP contribution in [0.3, 0.4) is 0 Å². The Morgan fingerprint density at radius 2 is 1.64 bits per heavy atom. The second kappa shape index (κ2) is 9.71. The molecule has 1 aromatic carbocycles. The van der Waals surface area contributed by atoms with Crippen molar-refractivity contribution in [3.8, 4) is 0 Å². The zero-order valence-electron chi connectivity index (χ0n) is 17.5. The van der Waals surface area contributed by atoms with Gasteiger partial charge in [-0.25, -0.2) is 13.1 Å². The number of benzene rings is 1. The maximum absolute atomic E-state index is 12.1. The number of nitrogens with zero attached hydrogens (tertiary/aromatic N) is 2. The molecule has 2 N–H and O–H groups in total. The van der Waals surface area contributed by atoms with Crippen molar-refractivity contribution in [3.63, 3.8) is 0 Å². The lowest BCUT2D eigenvalue weighted by atomic mass is 10.2. The number of amides is 1. The van der Waals surface area contributed by atoms with Crippen LogP contribution in [-0.2, 0) is 14.8 Å². The fourth-order valence-electron chi connectivity index (χ4n) is 2.88. The number of carbonyl (C=O) groups is 1. The molecule has 1 aliphatic heterocycles. The van der Waals surface area contributed by atoms with Crippen LogP contribution in [0, 0.1) is 0 Å². The van der Waals surface area contributed by atoms with Gasteiger partial charge in [-0.15, -0.1) is 0 Å². The molecule has 0 aliphatic carbocycles. The molecule has 0 bridgehead atoms. The Hall–Kier alpha value is -1.64. The maximum atomic E-state index is 12.1. The van der Waals surface area contributed by atoms with Gasteiger partial charge in [0, 0.05) is 50.5 Å². The molecule has 158 valence electrons. The highest BCUT2D eigenvalue weighted by Gasteiger charge is 2.27. The highest BCUT2D eigenvalue weighted by atomic mass is 32.2. The number of hydrogen-bond acceptors (Lipinski definition) is 5. The third kappa shape index (κ3) is 6.76. The smallest absolute Gasteiger partial charge is 0.224 e. The van der Waals surface area contributed by atoms with Crippen molar-refractivity contribution in [2.24, 2.45) is 0 Å². The normalized spacial score (nSPS) is 16.2.